The van der Waals surface area contributed by atoms with Gasteiger partial charge < -0.3 is 0 Å². The van der Waals surface area contributed by atoms with Gasteiger partial charge >= 0.3 is 0 Å². The molecule has 0 fully saturated rings. The quantitative estimate of drug-likeness (QED) is 0.172. The van der Waals surface area contributed by atoms with E-state index in [1.54, 1.807) is 0 Å². The number of nitrogens with zero attached hydrogens (tertiary/aromatic N) is 8. The Labute approximate surface area is 317 Å². The van der Waals surface area contributed by atoms with Gasteiger partial charge in [0, 0.05) is 23.6 Å². The average molecular weight is 715 g/mol. The van der Waals surface area contributed by atoms with Crippen LogP contribution in [0.1, 0.15) is 50.7 Å². The third-order valence-electron chi connectivity index (χ3n) is 11.1. The van der Waals surface area contributed by atoms with Gasteiger partial charge in [0.1, 0.15) is 5.82 Å². The van der Waals surface area contributed by atoms with E-state index in [0.717, 1.165) is 78.5 Å². The van der Waals surface area contributed by atoms with Crippen molar-refractivity contribution in [2.45, 2.75) is 39.5 Å². The minimum absolute atomic E-state index is 0.359. The van der Waals surface area contributed by atoms with E-state index in [9.17, 15) is 0 Å². The number of aromatic nitrogens is 8. The van der Waals surface area contributed by atoms with Crippen LogP contribution in [-0.4, -0.2) is 37.5 Å². The van der Waals surface area contributed by atoms with Gasteiger partial charge in [-0.3, -0.25) is 22.5 Å². The van der Waals surface area contributed by atoms with Crippen molar-refractivity contribution in [3.8, 4) is 28.5 Å². The van der Waals surface area contributed by atoms with Crippen molar-refractivity contribution in [2.75, 3.05) is 0 Å². The maximum absolute atomic E-state index is 5.25. The normalized spacial score (nSPS) is 12.3. The highest BCUT2D eigenvalue weighted by Gasteiger charge is 2.23. The molecule has 0 amide bonds. The molecule has 266 valence electrons. The molecule has 0 bridgehead atoms. The molecule has 0 spiro atoms. The average Bonchev–Trinajstić information content (AvgIpc) is 4.03. The lowest BCUT2D eigenvalue weighted by atomic mass is 9.92. The van der Waals surface area contributed by atoms with Crippen LogP contribution in [0.5, 0.6) is 0 Å². The molecule has 11 rings (SSSR count). The van der Waals surface area contributed by atoms with Crippen molar-refractivity contribution < 1.29 is 0 Å². The van der Waals surface area contributed by atoms with E-state index >= 15 is 0 Å². The Balaban J connectivity index is 1.17. The monoisotopic (exact) mass is 714 g/mol. The van der Waals surface area contributed by atoms with E-state index in [0.29, 0.717) is 11.8 Å². The van der Waals surface area contributed by atoms with Gasteiger partial charge in [-0.05, 0) is 89.7 Å². The fourth-order valence-electron chi connectivity index (χ4n) is 8.66. The third-order valence-corrected chi connectivity index (χ3v) is 11.1. The number of rotatable bonds is 6. The second-order valence-electron chi connectivity index (χ2n) is 15.1. The summed E-state index contributed by atoms with van der Waals surface area (Å²) in [5, 5.41) is 0. The summed E-state index contributed by atoms with van der Waals surface area (Å²) in [5.74, 6) is 3.36. The van der Waals surface area contributed by atoms with Gasteiger partial charge in [0.05, 0.1) is 55.5 Å². The summed E-state index contributed by atoms with van der Waals surface area (Å²) in [4.78, 5) is 15.4. The van der Waals surface area contributed by atoms with Crippen LogP contribution in [0.2, 0.25) is 0 Å². The van der Waals surface area contributed by atoms with Gasteiger partial charge in [-0.2, -0.15) is 0 Å². The Morgan fingerprint density at radius 2 is 1.02 bits per heavy atom. The first-order chi connectivity index (χ1) is 27.0. The largest absolute Gasteiger partial charge is 0.299 e. The molecule has 8 nitrogen and oxygen atoms in total. The van der Waals surface area contributed by atoms with Crippen molar-refractivity contribution >= 4 is 55.7 Å². The van der Waals surface area contributed by atoms with E-state index in [-0.39, 0.29) is 0 Å². The number of imidazole rings is 5. The molecule has 5 heterocycles. The van der Waals surface area contributed by atoms with Crippen LogP contribution in [-0.2, 0) is 0 Å². The Bertz CT molecular complexity index is 3260. The van der Waals surface area contributed by atoms with Crippen molar-refractivity contribution in [3.63, 3.8) is 0 Å². The zero-order valence-corrected chi connectivity index (χ0v) is 31.1. The molecule has 0 aliphatic rings. The maximum Gasteiger partial charge on any atom is 0.220 e. The molecule has 0 saturated carbocycles. The van der Waals surface area contributed by atoms with Crippen LogP contribution in [0.4, 0.5) is 0 Å². The Morgan fingerprint density at radius 3 is 1.67 bits per heavy atom. The van der Waals surface area contributed by atoms with E-state index in [1.807, 2.05) is 12.3 Å². The summed E-state index contributed by atoms with van der Waals surface area (Å²) in [6.07, 6.45) is 4.02. The number of hydrogen-bond donors (Lipinski definition) is 0. The third kappa shape index (κ3) is 4.54. The van der Waals surface area contributed by atoms with Crippen LogP contribution < -0.4 is 0 Å². The molecule has 55 heavy (non-hydrogen) atoms. The topological polar surface area (TPSA) is 62.3 Å². The SMILES string of the molecule is CC(C)c1cccc(C(C)C)c1-n1ccnc1-c1cccc(-n2c3cc(-n4c5ccccc5n5c6ccccc6nc45)ccc3n3c4ccccc4nc23)c1. The highest BCUT2D eigenvalue weighted by Crippen LogP contribution is 2.37. The molecule has 0 radical (unpaired) electrons. The first kappa shape index (κ1) is 31.6. The Kier molecular flexibility index (Phi) is 6.77. The summed E-state index contributed by atoms with van der Waals surface area (Å²) in [7, 11) is 0. The molecule has 0 N–H and O–H groups in total. The summed E-state index contributed by atoms with van der Waals surface area (Å²) in [5.41, 5.74) is 15.3. The highest BCUT2D eigenvalue weighted by atomic mass is 15.2. The lowest BCUT2D eigenvalue weighted by Crippen LogP contribution is -2.08. The van der Waals surface area contributed by atoms with Crippen molar-refractivity contribution in [1.82, 2.24) is 37.5 Å². The van der Waals surface area contributed by atoms with Crippen LogP contribution in [0.15, 0.2) is 146 Å². The molecule has 5 aromatic heterocycles. The van der Waals surface area contributed by atoms with Crippen LogP contribution in [0, 0.1) is 0 Å². The summed E-state index contributed by atoms with van der Waals surface area (Å²) < 4.78 is 11.4. The van der Waals surface area contributed by atoms with E-state index in [2.05, 4.69) is 184 Å². The van der Waals surface area contributed by atoms with E-state index < -0.39 is 0 Å². The molecule has 0 saturated heterocycles. The zero-order valence-electron chi connectivity index (χ0n) is 31.1. The van der Waals surface area contributed by atoms with Crippen LogP contribution in [0.25, 0.3) is 84.1 Å². The second kappa shape index (κ2) is 11.8. The molecule has 0 aliphatic carbocycles. The smallest absolute Gasteiger partial charge is 0.220 e. The maximum atomic E-state index is 5.25. The first-order valence-electron chi connectivity index (χ1n) is 19.0. The van der Waals surface area contributed by atoms with Gasteiger partial charge in [0.2, 0.25) is 11.6 Å². The number of para-hydroxylation sites is 7. The number of benzene rings is 6. The Hall–Kier alpha value is -6.93. The fraction of sp³-hybridized carbons (Fsp3) is 0.128. The Morgan fingerprint density at radius 1 is 0.473 bits per heavy atom. The fourth-order valence-corrected chi connectivity index (χ4v) is 8.66. The minimum atomic E-state index is 0.359. The van der Waals surface area contributed by atoms with Crippen molar-refractivity contribution in [3.05, 3.63) is 157 Å². The predicted octanol–water partition coefficient (Wildman–Crippen LogP) is 11.3. The lowest BCUT2D eigenvalue weighted by molar-refractivity contribution is 0.806. The molecule has 0 aliphatic heterocycles. The van der Waals surface area contributed by atoms with Crippen LogP contribution in [0.3, 0.4) is 0 Å². The molecule has 6 aromatic carbocycles. The van der Waals surface area contributed by atoms with Gasteiger partial charge in [-0.1, -0.05) is 94.4 Å². The predicted molar refractivity (Wildman–Crippen MR) is 223 cm³/mol. The summed E-state index contributed by atoms with van der Waals surface area (Å²) in [6.45, 7) is 9.06. The standard InChI is InChI=1S/C47H38N8/c1-29(2)34-15-12-16-35(30(3)4)44(34)51-26-25-48-45(51)31-13-11-14-32(27-31)53-43-28-33(23-24-42(43)55-39-20-8-6-18-37(39)50-47(53)55)52-40-21-9-10-22-41(40)54-38-19-7-5-17-36(38)49-46(52)54/h5-30H,1-4H3. The lowest BCUT2D eigenvalue weighted by Gasteiger charge is -2.22. The number of hydrogen-bond acceptors (Lipinski definition) is 3. The summed E-state index contributed by atoms with van der Waals surface area (Å²) in [6, 6.07) is 47.4. The van der Waals surface area contributed by atoms with Gasteiger partial charge in [-0.25, -0.2) is 15.0 Å². The molecule has 8 heteroatoms. The number of fused-ring (bicyclic) bond motifs is 10. The van der Waals surface area contributed by atoms with Gasteiger partial charge in [-0.15, -0.1) is 0 Å². The molecule has 0 unspecified atom stereocenters. The molecular formula is C47H38N8. The minimum Gasteiger partial charge on any atom is -0.299 e. The van der Waals surface area contributed by atoms with Crippen molar-refractivity contribution in [2.24, 2.45) is 0 Å². The van der Waals surface area contributed by atoms with Crippen molar-refractivity contribution in [1.29, 1.82) is 0 Å². The van der Waals surface area contributed by atoms with Crippen LogP contribution >= 0.6 is 0 Å². The molecule has 11 aromatic rings. The highest BCUT2D eigenvalue weighted by molar-refractivity contribution is 5.95. The molecule has 0 atom stereocenters. The first-order valence-corrected chi connectivity index (χ1v) is 19.0. The van der Waals surface area contributed by atoms with Gasteiger partial charge in [0.15, 0.2) is 0 Å². The second-order valence-corrected chi connectivity index (χ2v) is 15.1. The van der Waals surface area contributed by atoms with Gasteiger partial charge in [0.25, 0.3) is 0 Å². The summed E-state index contributed by atoms with van der Waals surface area (Å²) >= 11 is 0. The van der Waals surface area contributed by atoms with E-state index in [1.165, 1.54) is 16.8 Å². The zero-order chi connectivity index (χ0) is 36.9. The van der Waals surface area contributed by atoms with E-state index in [4.69, 9.17) is 15.0 Å². The molecular weight excluding hydrogens is 677 g/mol.